The minimum Gasteiger partial charge on any atom is -0.386 e. The topological polar surface area (TPSA) is 43.8 Å². The lowest BCUT2D eigenvalue weighted by molar-refractivity contribution is -0.127. The predicted octanol–water partition coefficient (Wildman–Crippen LogP) is -0.816. The second-order valence-electron chi connectivity index (χ2n) is 3.72. The van der Waals surface area contributed by atoms with E-state index in [4.69, 9.17) is 5.11 Å². The van der Waals surface area contributed by atoms with Crippen LogP contribution in [0.25, 0.3) is 0 Å². The quantitative estimate of drug-likeness (QED) is 0.625. The Morgan fingerprint density at radius 2 is 1.92 bits per heavy atom. The molecule has 1 saturated heterocycles. The highest BCUT2D eigenvalue weighted by atomic mass is 16.3. The summed E-state index contributed by atoms with van der Waals surface area (Å²) in [5.41, 5.74) is 0. The molecule has 0 radical (unpaired) electrons. The fourth-order valence-electron chi connectivity index (χ4n) is 1.36. The third-order valence-electron chi connectivity index (χ3n) is 2.44. The lowest BCUT2D eigenvalue weighted by atomic mass is 10.2. The van der Waals surface area contributed by atoms with Gasteiger partial charge in [-0.25, -0.2) is 0 Å². The van der Waals surface area contributed by atoms with E-state index in [0.717, 1.165) is 26.2 Å². The van der Waals surface area contributed by atoms with Crippen molar-refractivity contribution in [2.75, 3.05) is 39.8 Å². The summed E-state index contributed by atoms with van der Waals surface area (Å²) in [6, 6.07) is 0. The smallest absolute Gasteiger partial charge is 0.174 e. The number of piperazine rings is 1. The molecule has 1 rings (SSSR count). The van der Waals surface area contributed by atoms with Crippen LogP contribution in [0, 0.1) is 0 Å². The standard InChI is InChI=1S/C9H18N2O2/c1-8(12)9(13)7-11-5-3-10(2)4-6-11/h8,12H,3-7H2,1-2H3. The second-order valence-corrected chi connectivity index (χ2v) is 3.72. The van der Waals surface area contributed by atoms with Crippen LogP contribution < -0.4 is 0 Å². The molecule has 0 bridgehead atoms. The summed E-state index contributed by atoms with van der Waals surface area (Å²) in [5.74, 6) is -0.0791. The van der Waals surface area contributed by atoms with Crippen LogP contribution in [-0.2, 0) is 4.79 Å². The van der Waals surface area contributed by atoms with Gasteiger partial charge in [-0.05, 0) is 14.0 Å². The average Bonchev–Trinajstić information content (AvgIpc) is 2.08. The Hall–Kier alpha value is -0.450. The van der Waals surface area contributed by atoms with Crippen molar-refractivity contribution in [3.05, 3.63) is 0 Å². The van der Waals surface area contributed by atoms with Crippen molar-refractivity contribution in [2.45, 2.75) is 13.0 Å². The highest BCUT2D eigenvalue weighted by Gasteiger charge is 2.18. The lowest BCUT2D eigenvalue weighted by Crippen LogP contribution is -2.47. The van der Waals surface area contributed by atoms with Gasteiger partial charge in [-0.15, -0.1) is 0 Å². The number of hydrogen-bond acceptors (Lipinski definition) is 4. The molecule has 1 heterocycles. The minimum absolute atomic E-state index is 0.0791. The number of carbonyl (C=O) groups is 1. The number of carbonyl (C=O) groups excluding carboxylic acids is 1. The number of Topliss-reactive ketones (excluding diaryl/α,β-unsaturated/α-hetero) is 1. The molecule has 1 aliphatic heterocycles. The normalized spacial score (nSPS) is 23.0. The molecule has 0 saturated carbocycles. The highest BCUT2D eigenvalue weighted by molar-refractivity contribution is 5.84. The van der Waals surface area contributed by atoms with Crippen LogP contribution in [0.2, 0.25) is 0 Å². The Bertz CT molecular complexity index is 174. The molecule has 0 aromatic carbocycles. The van der Waals surface area contributed by atoms with Gasteiger partial charge in [0.1, 0.15) is 6.10 Å². The first-order valence-corrected chi connectivity index (χ1v) is 4.71. The van der Waals surface area contributed by atoms with Crippen molar-refractivity contribution < 1.29 is 9.90 Å². The van der Waals surface area contributed by atoms with E-state index in [9.17, 15) is 4.79 Å². The third kappa shape index (κ3) is 3.42. The summed E-state index contributed by atoms with van der Waals surface area (Å²) in [6.45, 7) is 5.79. The Morgan fingerprint density at radius 1 is 1.38 bits per heavy atom. The fourth-order valence-corrected chi connectivity index (χ4v) is 1.36. The first-order chi connectivity index (χ1) is 6.09. The molecule has 76 valence electrons. The molecule has 13 heavy (non-hydrogen) atoms. The first-order valence-electron chi connectivity index (χ1n) is 4.71. The summed E-state index contributed by atoms with van der Waals surface area (Å²) in [4.78, 5) is 15.5. The van der Waals surface area contributed by atoms with Crippen LogP contribution in [0.5, 0.6) is 0 Å². The molecule has 1 N–H and O–H groups in total. The zero-order chi connectivity index (χ0) is 9.84. The molecule has 1 aliphatic rings. The molecule has 1 atom stereocenters. The van der Waals surface area contributed by atoms with Crippen molar-refractivity contribution in [2.24, 2.45) is 0 Å². The van der Waals surface area contributed by atoms with Gasteiger partial charge in [0.25, 0.3) is 0 Å². The molecule has 4 nitrogen and oxygen atoms in total. The summed E-state index contributed by atoms with van der Waals surface area (Å²) in [6.07, 6.45) is -0.820. The van der Waals surface area contributed by atoms with Crippen LogP contribution in [-0.4, -0.2) is 66.6 Å². The number of aliphatic hydroxyl groups is 1. The zero-order valence-corrected chi connectivity index (χ0v) is 8.36. The Labute approximate surface area is 79.1 Å². The van der Waals surface area contributed by atoms with Crippen molar-refractivity contribution in [3.63, 3.8) is 0 Å². The molecule has 0 aromatic rings. The van der Waals surface area contributed by atoms with Gasteiger partial charge in [-0.1, -0.05) is 0 Å². The Morgan fingerprint density at radius 3 is 2.38 bits per heavy atom. The van der Waals surface area contributed by atoms with E-state index >= 15 is 0 Å². The maximum absolute atomic E-state index is 11.2. The maximum Gasteiger partial charge on any atom is 0.174 e. The molecular weight excluding hydrogens is 168 g/mol. The summed E-state index contributed by atoms with van der Waals surface area (Å²) in [7, 11) is 2.08. The van der Waals surface area contributed by atoms with Gasteiger partial charge < -0.3 is 10.0 Å². The van der Waals surface area contributed by atoms with E-state index in [-0.39, 0.29) is 5.78 Å². The summed E-state index contributed by atoms with van der Waals surface area (Å²) < 4.78 is 0. The van der Waals surface area contributed by atoms with E-state index in [1.165, 1.54) is 6.92 Å². The van der Waals surface area contributed by atoms with E-state index in [1.54, 1.807) is 0 Å². The van der Waals surface area contributed by atoms with E-state index in [1.807, 2.05) is 0 Å². The molecule has 4 heteroatoms. The molecule has 1 fully saturated rings. The SMILES string of the molecule is CC(O)C(=O)CN1CCN(C)CC1. The largest absolute Gasteiger partial charge is 0.386 e. The van der Waals surface area contributed by atoms with Crippen molar-refractivity contribution in [3.8, 4) is 0 Å². The fraction of sp³-hybridized carbons (Fsp3) is 0.889. The summed E-state index contributed by atoms with van der Waals surface area (Å²) >= 11 is 0. The monoisotopic (exact) mass is 186 g/mol. The van der Waals surface area contributed by atoms with Gasteiger partial charge >= 0.3 is 0 Å². The summed E-state index contributed by atoms with van der Waals surface area (Å²) in [5, 5.41) is 9.02. The van der Waals surface area contributed by atoms with Gasteiger partial charge in [0.05, 0.1) is 6.54 Å². The van der Waals surface area contributed by atoms with Gasteiger partial charge in [-0.2, -0.15) is 0 Å². The van der Waals surface area contributed by atoms with Crippen molar-refractivity contribution in [1.29, 1.82) is 0 Å². The second kappa shape index (κ2) is 4.69. The van der Waals surface area contributed by atoms with Crippen molar-refractivity contribution in [1.82, 2.24) is 9.80 Å². The predicted molar refractivity (Wildman–Crippen MR) is 50.6 cm³/mol. The van der Waals surface area contributed by atoms with Crippen LogP contribution in [0.4, 0.5) is 0 Å². The Kier molecular flexibility index (Phi) is 3.84. The third-order valence-corrected chi connectivity index (χ3v) is 2.44. The highest BCUT2D eigenvalue weighted by Crippen LogP contribution is 1.99. The molecule has 1 unspecified atom stereocenters. The molecular formula is C9H18N2O2. The van der Waals surface area contributed by atoms with Gasteiger partial charge in [-0.3, -0.25) is 9.69 Å². The van der Waals surface area contributed by atoms with Crippen LogP contribution in [0.15, 0.2) is 0 Å². The minimum atomic E-state index is -0.820. The lowest BCUT2D eigenvalue weighted by Gasteiger charge is -2.31. The molecule has 0 spiro atoms. The number of aliphatic hydroxyl groups excluding tert-OH is 1. The van der Waals surface area contributed by atoms with E-state index in [0.29, 0.717) is 6.54 Å². The maximum atomic E-state index is 11.2. The number of hydrogen-bond donors (Lipinski definition) is 1. The van der Waals surface area contributed by atoms with Crippen LogP contribution >= 0.6 is 0 Å². The van der Waals surface area contributed by atoms with E-state index in [2.05, 4.69) is 16.8 Å². The number of likely N-dealkylation sites (N-methyl/N-ethyl adjacent to an activating group) is 1. The molecule has 0 amide bonds. The molecule has 0 aromatic heterocycles. The number of ketones is 1. The molecule has 0 aliphatic carbocycles. The zero-order valence-electron chi connectivity index (χ0n) is 8.36. The van der Waals surface area contributed by atoms with Gasteiger partial charge in [0.2, 0.25) is 0 Å². The average molecular weight is 186 g/mol. The van der Waals surface area contributed by atoms with E-state index < -0.39 is 6.10 Å². The van der Waals surface area contributed by atoms with Crippen LogP contribution in [0.1, 0.15) is 6.92 Å². The van der Waals surface area contributed by atoms with Gasteiger partial charge in [0.15, 0.2) is 5.78 Å². The Balaban J connectivity index is 2.26. The number of nitrogens with zero attached hydrogens (tertiary/aromatic N) is 2. The van der Waals surface area contributed by atoms with Gasteiger partial charge in [0, 0.05) is 26.2 Å². The number of rotatable bonds is 3. The first kappa shape index (κ1) is 10.6. The van der Waals surface area contributed by atoms with Crippen molar-refractivity contribution >= 4 is 5.78 Å². The van der Waals surface area contributed by atoms with Crippen LogP contribution in [0.3, 0.4) is 0 Å².